The Kier molecular flexibility index (Phi) is 9.96. The van der Waals surface area contributed by atoms with E-state index in [2.05, 4.69) is 27.7 Å². The zero-order chi connectivity index (χ0) is 22.2. The Bertz CT molecular complexity index is 810. The summed E-state index contributed by atoms with van der Waals surface area (Å²) in [5.41, 5.74) is -0.867. The number of carbonyl (C=O) groups is 2. The minimum Gasteiger partial charge on any atom is -0.465 e. The van der Waals surface area contributed by atoms with E-state index in [1.807, 2.05) is 13.8 Å². The average Bonchev–Trinajstić information content (AvgIpc) is 2.63. The third kappa shape index (κ3) is 6.91. The van der Waals surface area contributed by atoms with E-state index < -0.39 is 11.1 Å². The summed E-state index contributed by atoms with van der Waals surface area (Å²) in [5.74, 6) is 0.247. The number of unbranched alkanes of at least 4 members (excludes halogenated alkanes) is 2. The third-order valence-corrected chi connectivity index (χ3v) is 5.85. The molecule has 29 heavy (non-hydrogen) atoms. The first-order valence-electron chi connectivity index (χ1n) is 10.6. The molecule has 1 unspecified atom stereocenters. The lowest BCUT2D eigenvalue weighted by molar-refractivity contribution is -0.159. The zero-order valence-corrected chi connectivity index (χ0v) is 19.5. The number of rotatable bonds is 11. The lowest BCUT2D eigenvalue weighted by Crippen LogP contribution is -2.36. The highest BCUT2D eigenvalue weighted by Crippen LogP contribution is 2.35. The van der Waals surface area contributed by atoms with Crippen molar-refractivity contribution in [2.75, 3.05) is 6.61 Å². The van der Waals surface area contributed by atoms with Gasteiger partial charge in [0.2, 0.25) is 5.91 Å². The molecular formula is C22H36N2O4S. The molecule has 1 aromatic heterocycles. The van der Waals surface area contributed by atoms with Crippen molar-refractivity contribution >= 4 is 24.1 Å². The van der Waals surface area contributed by atoms with Crippen LogP contribution in [0.5, 0.6) is 0 Å². The topological polar surface area (TPSA) is 70.3 Å². The van der Waals surface area contributed by atoms with Gasteiger partial charge in [-0.3, -0.25) is 14.2 Å². The van der Waals surface area contributed by atoms with Crippen molar-refractivity contribution in [3.8, 4) is 0 Å². The molecule has 1 heterocycles. The monoisotopic (exact) mass is 424 g/mol. The molecule has 6 nitrogen and oxygen atoms in total. The van der Waals surface area contributed by atoms with Gasteiger partial charge in [0.05, 0.1) is 12.0 Å². The molecule has 1 aromatic rings. The number of ether oxygens (including phenoxy) is 1. The minimum atomic E-state index is -0.475. The summed E-state index contributed by atoms with van der Waals surface area (Å²) in [7, 11) is 0. The molecule has 0 aliphatic rings. The maximum Gasteiger partial charge on any atom is 0.335 e. The molecule has 0 aromatic carbocycles. The first-order valence-corrected chi connectivity index (χ1v) is 11.0. The molecule has 0 saturated carbocycles. The van der Waals surface area contributed by atoms with Crippen LogP contribution in [0.25, 0.3) is 0 Å². The van der Waals surface area contributed by atoms with Crippen molar-refractivity contribution in [3.05, 3.63) is 27.4 Å². The molecule has 1 atom stereocenters. The van der Waals surface area contributed by atoms with E-state index in [0.29, 0.717) is 36.6 Å². The van der Waals surface area contributed by atoms with Crippen LogP contribution in [0.2, 0.25) is 0 Å². The van der Waals surface area contributed by atoms with Crippen LogP contribution in [0, 0.1) is 21.9 Å². The van der Waals surface area contributed by atoms with Gasteiger partial charge in [0.1, 0.15) is 4.64 Å². The van der Waals surface area contributed by atoms with Gasteiger partial charge >= 0.3 is 11.7 Å². The Balaban J connectivity index is 2.46. The van der Waals surface area contributed by atoms with E-state index in [0.717, 1.165) is 17.4 Å². The van der Waals surface area contributed by atoms with Crippen LogP contribution in [-0.4, -0.2) is 27.6 Å². The lowest BCUT2D eigenvalue weighted by atomic mass is 9.73. The largest absolute Gasteiger partial charge is 0.465 e. The molecule has 7 heteroatoms. The summed E-state index contributed by atoms with van der Waals surface area (Å²) >= 11 is 5.10. The molecule has 164 valence electrons. The highest BCUT2D eigenvalue weighted by atomic mass is 32.1. The Labute approximate surface area is 179 Å². The van der Waals surface area contributed by atoms with Crippen molar-refractivity contribution < 1.29 is 14.3 Å². The number of carbonyl (C=O) groups excluding carboxylic acids is 2. The minimum absolute atomic E-state index is 0.142. The predicted molar refractivity (Wildman–Crippen MR) is 118 cm³/mol. The van der Waals surface area contributed by atoms with Gasteiger partial charge < -0.3 is 4.74 Å². The second-order valence-electron chi connectivity index (χ2n) is 8.56. The lowest BCUT2D eigenvalue weighted by Gasteiger charge is -2.32. The molecule has 1 rings (SSSR count). The molecule has 0 fully saturated rings. The zero-order valence-electron chi connectivity index (χ0n) is 18.7. The summed E-state index contributed by atoms with van der Waals surface area (Å²) < 4.78 is 8.48. The molecule has 0 aliphatic heterocycles. The van der Waals surface area contributed by atoms with E-state index in [1.165, 1.54) is 10.8 Å². The summed E-state index contributed by atoms with van der Waals surface area (Å²) in [6, 6.07) is 1.60. The smallest absolute Gasteiger partial charge is 0.335 e. The van der Waals surface area contributed by atoms with E-state index in [-0.39, 0.29) is 24.2 Å². The van der Waals surface area contributed by atoms with Crippen LogP contribution in [0.4, 0.5) is 0 Å². The van der Waals surface area contributed by atoms with Crippen molar-refractivity contribution in [2.45, 2.75) is 80.2 Å². The van der Waals surface area contributed by atoms with Crippen molar-refractivity contribution in [1.82, 2.24) is 9.13 Å². The highest BCUT2D eigenvalue weighted by molar-refractivity contribution is 7.71. The van der Waals surface area contributed by atoms with E-state index >= 15 is 0 Å². The Morgan fingerprint density at radius 2 is 1.83 bits per heavy atom. The fourth-order valence-electron chi connectivity index (χ4n) is 3.41. The quantitative estimate of drug-likeness (QED) is 0.288. The fourth-order valence-corrected chi connectivity index (χ4v) is 3.67. The van der Waals surface area contributed by atoms with Crippen LogP contribution < -0.4 is 5.69 Å². The Morgan fingerprint density at radius 1 is 1.17 bits per heavy atom. The fraction of sp³-hybridized carbons (Fsp3) is 0.727. The van der Waals surface area contributed by atoms with E-state index in [4.69, 9.17) is 17.0 Å². The number of esters is 1. The van der Waals surface area contributed by atoms with Gasteiger partial charge in [-0.05, 0) is 57.4 Å². The number of hydrogen-bond donors (Lipinski definition) is 0. The van der Waals surface area contributed by atoms with Gasteiger partial charge in [-0.2, -0.15) is 0 Å². The molecule has 0 aliphatic carbocycles. The number of aromatic nitrogens is 2. The summed E-state index contributed by atoms with van der Waals surface area (Å²) in [6.07, 6.45) is 4.60. The summed E-state index contributed by atoms with van der Waals surface area (Å²) in [4.78, 5) is 37.2. The SMILES string of the molecule is CCn1c(=S)ccn(C(=O)CCCCCOC(=O)C(C)(CC(C)C)C(C)C)c1=O. The van der Waals surface area contributed by atoms with Crippen LogP contribution in [0.3, 0.4) is 0 Å². The molecule has 0 N–H and O–H groups in total. The van der Waals surface area contributed by atoms with Crippen molar-refractivity contribution in [1.29, 1.82) is 0 Å². The highest BCUT2D eigenvalue weighted by Gasteiger charge is 2.38. The van der Waals surface area contributed by atoms with Crippen LogP contribution in [0.15, 0.2) is 17.1 Å². The van der Waals surface area contributed by atoms with E-state index in [9.17, 15) is 14.4 Å². The van der Waals surface area contributed by atoms with Crippen LogP contribution in [-0.2, 0) is 16.1 Å². The van der Waals surface area contributed by atoms with E-state index in [1.54, 1.807) is 6.07 Å². The third-order valence-electron chi connectivity index (χ3n) is 5.50. The van der Waals surface area contributed by atoms with Gasteiger partial charge in [0.15, 0.2) is 0 Å². The van der Waals surface area contributed by atoms with Gasteiger partial charge in [-0.1, -0.05) is 39.9 Å². The molecular weight excluding hydrogens is 388 g/mol. The van der Waals surface area contributed by atoms with Crippen molar-refractivity contribution in [3.63, 3.8) is 0 Å². The Morgan fingerprint density at radius 3 is 2.38 bits per heavy atom. The number of nitrogens with zero attached hydrogens (tertiary/aromatic N) is 2. The normalized spacial score (nSPS) is 13.5. The number of hydrogen-bond acceptors (Lipinski definition) is 5. The van der Waals surface area contributed by atoms with Crippen LogP contribution in [0.1, 0.15) is 78.4 Å². The van der Waals surface area contributed by atoms with Gasteiger partial charge in [0.25, 0.3) is 0 Å². The maximum absolute atomic E-state index is 12.6. The average molecular weight is 425 g/mol. The Hall–Kier alpha value is -1.76. The summed E-state index contributed by atoms with van der Waals surface area (Å²) in [6.45, 7) is 12.9. The van der Waals surface area contributed by atoms with Crippen LogP contribution >= 0.6 is 12.2 Å². The second-order valence-corrected chi connectivity index (χ2v) is 8.98. The molecule has 0 spiro atoms. The predicted octanol–water partition coefficient (Wildman–Crippen LogP) is 4.85. The molecule has 0 bridgehead atoms. The molecule has 0 saturated heterocycles. The first-order chi connectivity index (χ1) is 13.5. The van der Waals surface area contributed by atoms with Gasteiger partial charge in [-0.15, -0.1) is 0 Å². The second kappa shape index (κ2) is 11.4. The standard InChI is InChI=1S/C22H36N2O4S/c1-7-23-19(29)12-13-24(21(23)27)18(25)11-9-8-10-14-28-20(26)22(6,17(4)5)15-16(2)3/h12-13,16-17H,7-11,14-15H2,1-6H3. The van der Waals surface area contributed by atoms with Gasteiger partial charge in [0, 0.05) is 19.2 Å². The maximum atomic E-state index is 12.6. The molecule has 0 amide bonds. The summed E-state index contributed by atoms with van der Waals surface area (Å²) in [5, 5.41) is 0. The first kappa shape index (κ1) is 25.3. The van der Waals surface area contributed by atoms with Crippen molar-refractivity contribution in [2.24, 2.45) is 17.3 Å². The van der Waals surface area contributed by atoms with Gasteiger partial charge in [-0.25, -0.2) is 9.36 Å². The molecule has 0 radical (unpaired) electrons.